The van der Waals surface area contributed by atoms with Crippen LogP contribution in [0.5, 0.6) is 5.75 Å². The molecule has 6 nitrogen and oxygen atoms in total. The summed E-state index contributed by atoms with van der Waals surface area (Å²) in [6, 6.07) is 13.5. The SMILES string of the molecule is CC[C@@H](C(=O)Nc1ccc(OC2CCCC2)cc1)N(c1ccc(C)cc1)S(C)(=O)=O. The third kappa shape index (κ3) is 5.53. The van der Waals surface area contributed by atoms with Crippen LogP contribution >= 0.6 is 0 Å². The number of hydrogen-bond acceptors (Lipinski definition) is 4. The molecule has 0 heterocycles. The van der Waals surface area contributed by atoms with E-state index in [1.807, 2.05) is 31.2 Å². The molecule has 2 aromatic carbocycles. The third-order valence-electron chi connectivity index (χ3n) is 5.34. The van der Waals surface area contributed by atoms with Crippen molar-refractivity contribution in [3.8, 4) is 5.75 Å². The third-order valence-corrected chi connectivity index (χ3v) is 6.52. The normalized spacial score (nSPS) is 15.6. The summed E-state index contributed by atoms with van der Waals surface area (Å²) < 4.78 is 32.2. The second-order valence-electron chi connectivity index (χ2n) is 7.86. The predicted molar refractivity (Wildman–Crippen MR) is 121 cm³/mol. The van der Waals surface area contributed by atoms with Crippen LogP contribution in [-0.4, -0.2) is 32.7 Å². The number of nitrogens with one attached hydrogen (secondary N) is 1. The van der Waals surface area contributed by atoms with Crippen LogP contribution in [0.25, 0.3) is 0 Å². The van der Waals surface area contributed by atoms with Crippen molar-refractivity contribution in [3.63, 3.8) is 0 Å². The van der Waals surface area contributed by atoms with Crippen molar-refractivity contribution in [1.29, 1.82) is 0 Å². The Kier molecular flexibility index (Phi) is 7.02. The molecule has 0 saturated heterocycles. The molecule has 1 aliphatic carbocycles. The highest BCUT2D eigenvalue weighted by molar-refractivity contribution is 7.92. The maximum absolute atomic E-state index is 13.0. The molecule has 0 unspecified atom stereocenters. The van der Waals surface area contributed by atoms with Gasteiger partial charge in [0.2, 0.25) is 15.9 Å². The van der Waals surface area contributed by atoms with E-state index in [4.69, 9.17) is 4.74 Å². The van der Waals surface area contributed by atoms with Crippen molar-refractivity contribution in [2.24, 2.45) is 0 Å². The van der Waals surface area contributed by atoms with E-state index in [0.29, 0.717) is 17.8 Å². The van der Waals surface area contributed by atoms with Crippen molar-refractivity contribution in [2.45, 2.75) is 58.1 Å². The standard InChI is InChI=1S/C23H30N2O4S/c1-4-22(25(30(3,27)28)19-13-9-17(2)10-14-19)23(26)24-18-11-15-21(16-12-18)29-20-7-5-6-8-20/h9-16,20,22H,4-8H2,1-3H3,(H,24,26)/t22-/m0/s1. The molecular formula is C23H30N2O4S. The van der Waals surface area contributed by atoms with Gasteiger partial charge in [-0.1, -0.05) is 24.6 Å². The van der Waals surface area contributed by atoms with E-state index in [0.717, 1.165) is 30.4 Å². The number of aryl methyl sites for hydroxylation is 1. The first-order valence-corrected chi connectivity index (χ1v) is 12.3. The van der Waals surface area contributed by atoms with Gasteiger partial charge in [0.1, 0.15) is 11.8 Å². The summed E-state index contributed by atoms with van der Waals surface area (Å²) in [5.41, 5.74) is 2.10. The maximum Gasteiger partial charge on any atom is 0.248 e. The Labute approximate surface area is 179 Å². The minimum absolute atomic E-state index is 0.271. The molecule has 1 N–H and O–H groups in total. The van der Waals surface area contributed by atoms with E-state index in [1.165, 1.54) is 17.1 Å². The molecule has 30 heavy (non-hydrogen) atoms. The second-order valence-corrected chi connectivity index (χ2v) is 9.72. The van der Waals surface area contributed by atoms with Gasteiger partial charge in [-0.25, -0.2) is 8.42 Å². The summed E-state index contributed by atoms with van der Waals surface area (Å²) in [6.45, 7) is 3.73. The lowest BCUT2D eigenvalue weighted by molar-refractivity contribution is -0.117. The fraction of sp³-hybridized carbons (Fsp3) is 0.435. The monoisotopic (exact) mass is 430 g/mol. The molecular weight excluding hydrogens is 400 g/mol. The lowest BCUT2D eigenvalue weighted by Gasteiger charge is -2.30. The van der Waals surface area contributed by atoms with E-state index in [1.54, 1.807) is 31.2 Å². The van der Waals surface area contributed by atoms with Crippen LogP contribution in [0, 0.1) is 6.92 Å². The molecule has 7 heteroatoms. The zero-order valence-electron chi connectivity index (χ0n) is 17.8. The van der Waals surface area contributed by atoms with Crippen LogP contribution in [0.2, 0.25) is 0 Å². The molecule has 1 amide bonds. The summed E-state index contributed by atoms with van der Waals surface area (Å²) in [6.07, 6.45) is 6.30. The number of rotatable bonds is 8. The van der Waals surface area contributed by atoms with Gasteiger partial charge in [0, 0.05) is 5.69 Å². The number of amides is 1. The van der Waals surface area contributed by atoms with E-state index in [-0.39, 0.29) is 12.0 Å². The Morgan fingerprint density at radius 2 is 1.70 bits per heavy atom. The molecule has 3 rings (SSSR count). The molecule has 0 bridgehead atoms. The molecule has 1 atom stereocenters. The highest BCUT2D eigenvalue weighted by Gasteiger charge is 2.31. The van der Waals surface area contributed by atoms with Crippen LogP contribution in [0.4, 0.5) is 11.4 Å². The van der Waals surface area contributed by atoms with Crippen LogP contribution in [0.1, 0.15) is 44.6 Å². The largest absolute Gasteiger partial charge is 0.490 e. The number of anilines is 2. The Balaban J connectivity index is 1.74. The first-order valence-electron chi connectivity index (χ1n) is 10.4. The van der Waals surface area contributed by atoms with Crippen LogP contribution in [0.3, 0.4) is 0 Å². The first-order chi connectivity index (χ1) is 14.3. The summed E-state index contributed by atoms with van der Waals surface area (Å²) in [7, 11) is -3.65. The van der Waals surface area contributed by atoms with Crippen molar-refractivity contribution < 1.29 is 17.9 Å². The van der Waals surface area contributed by atoms with Gasteiger partial charge >= 0.3 is 0 Å². The molecule has 1 fully saturated rings. The molecule has 2 aromatic rings. The van der Waals surface area contributed by atoms with Gasteiger partial charge in [0.25, 0.3) is 0 Å². The quantitative estimate of drug-likeness (QED) is 0.669. The number of nitrogens with zero attached hydrogens (tertiary/aromatic N) is 1. The van der Waals surface area contributed by atoms with Crippen molar-refractivity contribution in [3.05, 3.63) is 54.1 Å². The van der Waals surface area contributed by atoms with Crippen molar-refractivity contribution >= 4 is 27.3 Å². The summed E-state index contributed by atoms with van der Waals surface area (Å²) in [5, 5.41) is 2.85. The molecule has 1 aliphatic rings. The lowest BCUT2D eigenvalue weighted by Crippen LogP contribution is -2.47. The van der Waals surface area contributed by atoms with E-state index >= 15 is 0 Å². The molecule has 0 radical (unpaired) electrons. The maximum atomic E-state index is 13.0. The minimum Gasteiger partial charge on any atom is -0.490 e. The Hall–Kier alpha value is -2.54. The summed E-state index contributed by atoms with van der Waals surface area (Å²) >= 11 is 0. The van der Waals surface area contributed by atoms with Gasteiger partial charge in [-0.3, -0.25) is 9.10 Å². The first kappa shape index (κ1) is 22.2. The molecule has 0 aliphatic heterocycles. The second kappa shape index (κ2) is 9.51. The fourth-order valence-corrected chi connectivity index (χ4v) is 5.00. The van der Waals surface area contributed by atoms with E-state index < -0.39 is 16.1 Å². The number of carbonyl (C=O) groups is 1. The Morgan fingerprint density at radius 1 is 1.10 bits per heavy atom. The Bertz CT molecular complexity index is 950. The van der Waals surface area contributed by atoms with Gasteiger partial charge in [-0.05, 0) is 75.4 Å². The van der Waals surface area contributed by atoms with Gasteiger partial charge < -0.3 is 10.1 Å². The number of hydrogen-bond donors (Lipinski definition) is 1. The van der Waals surface area contributed by atoms with Gasteiger partial charge in [0.15, 0.2) is 0 Å². The molecule has 0 aromatic heterocycles. The van der Waals surface area contributed by atoms with Gasteiger partial charge in [-0.2, -0.15) is 0 Å². The van der Waals surface area contributed by atoms with E-state index in [9.17, 15) is 13.2 Å². The average molecular weight is 431 g/mol. The van der Waals surface area contributed by atoms with Crippen molar-refractivity contribution in [1.82, 2.24) is 0 Å². The van der Waals surface area contributed by atoms with Crippen LogP contribution in [0.15, 0.2) is 48.5 Å². The highest BCUT2D eigenvalue weighted by Crippen LogP contribution is 2.26. The highest BCUT2D eigenvalue weighted by atomic mass is 32.2. The number of ether oxygens (including phenoxy) is 1. The number of carbonyl (C=O) groups excluding carboxylic acids is 1. The molecule has 162 valence electrons. The lowest BCUT2D eigenvalue weighted by atomic mass is 10.1. The zero-order chi connectivity index (χ0) is 21.7. The van der Waals surface area contributed by atoms with Crippen LogP contribution in [-0.2, 0) is 14.8 Å². The fourth-order valence-electron chi connectivity index (χ4n) is 3.79. The average Bonchev–Trinajstić information content (AvgIpc) is 3.20. The minimum atomic E-state index is -3.65. The number of sulfonamides is 1. The van der Waals surface area contributed by atoms with Gasteiger partial charge in [0.05, 0.1) is 18.0 Å². The zero-order valence-corrected chi connectivity index (χ0v) is 18.6. The Morgan fingerprint density at radius 3 is 2.23 bits per heavy atom. The summed E-state index contributed by atoms with van der Waals surface area (Å²) in [4.78, 5) is 13.0. The van der Waals surface area contributed by atoms with Crippen LogP contribution < -0.4 is 14.4 Å². The smallest absolute Gasteiger partial charge is 0.248 e. The predicted octanol–water partition coefficient (Wildman–Crippen LogP) is 4.50. The number of benzene rings is 2. The summed E-state index contributed by atoms with van der Waals surface area (Å²) in [5.74, 6) is 0.414. The topological polar surface area (TPSA) is 75.7 Å². The van der Waals surface area contributed by atoms with E-state index in [2.05, 4.69) is 5.32 Å². The van der Waals surface area contributed by atoms with Gasteiger partial charge in [-0.15, -0.1) is 0 Å². The molecule has 0 spiro atoms. The van der Waals surface area contributed by atoms with Crippen molar-refractivity contribution in [2.75, 3.05) is 15.9 Å². The molecule has 1 saturated carbocycles.